The lowest BCUT2D eigenvalue weighted by atomic mass is 9.86. The number of aromatic nitrogens is 2. The van der Waals surface area contributed by atoms with E-state index < -0.39 is 0 Å². The van der Waals surface area contributed by atoms with Crippen LogP contribution in [0.1, 0.15) is 36.2 Å². The van der Waals surface area contributed by atoms with E-state index in [1.165, 1.54) is 17.7 Å². The van der Waals surface area contributed by atoms with Gasteiger partial charge in [-0.1, -0.05) is 6.42 Å². The molecule has 3 N–H and O–H groups in total. The number of hydrogen-bond acceptors (Lipinski definition) is 5. The van der Waals surface area contributed by atoms with Gasteiger partial charge in [-0.15, -0.1) is 10.2 Å². The molecule has 0 spiro atoms. The second-order valence-corrected chi connectivity index (χ2v) is 5.68. The zero-order valence-corrected chi connectivity index (χ0v) is 12.2. The van der Waals surface area contributed by atoms with E-state index in [1.54, 1.807) is 26.2 Å². The van der Waals surface area contributed by atoms with Crippen molar-refractivity contribution in [3.8, 4) is 0 Å². The van der Waals surface area contributed by atoms with Gasteiger partial charge in [0.1, 0.15) is 5.82 Å². The highest BCUT2D eigenvalue weighted by molar-refractivity contribution is 5.91. The van der Waals surface area contributed by atoms with Gasteiger partial charge in [0, 0.05) is 26.7 Å². The highest BCUT2D eigenvalue weighted by atomic mass is 16.2. The molecule has 6 nitrogen and oxygen atoms in total. The molecule has 2 unspecified atom stereocenters. The monoisotopic (exact) mass is 277 g/mol. The van der Waals surface area contributed by atoms with Crippen LogP contribution < -0.4 is 11.1 Å². The predicted molar refractivity (Wildman–Crippen MR) is 78.5 cm³/mol. The Balaban J connectivity index is 1.86. The van der Waals surface area contributed by atoms with Crippen molar-refractivity contribution in [3.05, 3.63) is 17.8 Å². The fourth-order valence-corrected chi connectivity index (χ4v) is 2.54. The van der Waals surface area contributed by atoms with E-state index >= 15 is 0 Å². The smallest absolute Gasteiger partial charge is 0.273 e. The summed E-state index contributed by atoms with van der Waals surface area (Å²) in [6.45, 7) is 0.864. The summed E-state index contributed by atoms with van der Waals surface area (Å²) in [4.78, 5) is 13.2. The first-order valence-electron chi connectivity index (χ1n) is 7.11. The Morgan fingerprint density at radius 2 is 2.20 bits per heavy atom. The third kappa shape index (κ3) is 3.90. The number of hydrogen-bond donors (Lipinski definition) is 2. The van der Waals surface area contributed by atoms with Crippen LogP contribution in [0.5, 0.6) is 0 Å². The number of amides is 1. The van der Waals surface area contributed by atoms with Gasteiger partial charge in [-0.05, 0) is 37.3 Å². The number of carbonyl (C=O) groups is 1. The average molecular weight is 277 g/mol. The van der Waals surface area contributed by atoms with E-state index in [4.69, 9.17) is 5.73 Å². The van der Waals surface area contributed by atoms with Crippen molar-refractivity contribution in [2.45, 2.75) is 31.7 Å². The van der Waals surface area contributed by atoms with E-state index in [9.17, 15) is 4.79 Å². The molecule has 0 saturated heterocycles. The highest BCUT2D eigenvalue weighted by Crippen LogP contribution is 2.23. The lowest BCUT2D eigenvalue weighted by Crippen LogP contribution is -2.31. The summed E-state index contributed by atoms with van der Waals surface area (Å²) in [5.41, 5.74) is 6.34. The second kappa shape index (κ2) is 6.65. The summed E-state index contributed by atoms with van der Waals surface area (Å²) in [6.07, 6.45) is 4.62. The van der Waals surface area contributed by atoms with Crippen LogP contribution in [0.4, 0.5) is 5.82 Å². The first kappa shape index (κ1) is 14.7. The number of nitrogens with two attached hydrogens (primary N) is 1. The molecule has 0 aromatic carbocycles. The predicted octanol–water partition coefficient (Wildman–Crippen LogP) is 1.11. The van der Waals surface area contributed by atoms with Crippen molar-refractivity contribution in [3.63, 3.8) is 0 Å². The number of rotatable bonds is 4. The normalized spacial score (nSPS) is 22.4. The molecule has 0 aliphatic heterocycles. The van der Waals surface area contributed by atoms with Crippen molar-refractivity contribution in [2.75, 3.05) is 26.0 Å². The van der Waals surface area contributed by atoms with Gasteiger partial charge in [0.05, 0.1) is 0 Å². The van der Waals surface area contributed by atoms with Crippen molar-refractivity contribution in [2.24, 2.45) is 11.7 Å². The molecule has 6 heteroatoms. The Bertz CT molecular complexity index is 445. The van der Waals surface area contributed by atoms with Gasteiger partial charge in [0.15, 0.2) is 5.69 Å². The quantitative estimate of drug-likeness (QED) is 0.861. The minimum Gasteiger partial charge on any atom is -0.368 e. The first-order valence-corrected chi connectivity index (χ1v) is 7.11. The molecule has 2 rings (SSSR count). The number of anilines is 1. The summed E-state index contributed by atoms with van der Waals surface area (Å²) in [5.74, 6) is 1.17. The Labute approximate surface area is 119 Å². The van der Waals surface area contributed by atoms with Crippen molar-refractivity contribution in [1.82, 2.24) is 15.1 Å². The van der Waals surface area contributed by atoms with Crippen LogP contribution in [0, 0.1) is 5.92 Å². The molecule has 1 fully saturated rings. The molecule has 1 saturated carbocycles. The van der Waals surface area contributed by atoms with Crippen molar-refractivity contribution < 1.29 is 4.79 Å². The van der Waals surface area contributed by atoms with E-state index in [0.29, 0.717) is 23.5 Å². The van der Waals surface area contributed by atoms with Crippen LogP contribution in [-0.2, 0) is 0 Å². The molecule has 1 amide bonds. The molecule has 0 bridgehead atoms. The van der Waals surface area contributed by atoms with Crippen molar-refractivity contribution >= 4 is 11.7 Å². The lowest BCUT2D eigenvalue weighted by molar-refractivity contribution is 0.0821. The summed E-state index contributed by atoms with van der Waals surface area (Å²) in [5, 5.41) is 11.3. The molecule has 1 heterocycles. The maximum absolute atomic E-state index is 11.7. The van der Waals surface area contributed by atoms with Gasteiger partial charge in [-0.3, -0.25) is 4.79 Å². The molecule has 1 aromatic heterocycles. The minimum atomic E-state index is -0.137. The Hall–Kier alpha value is -1.69. The van der Waals surface area contributed by atoms with Crippen LogP contribution in [0.2, 0.25) is 0 Å². The zero-order chi connectivity index (χ0) is 14.5. The Morgan fingerprint density at radius 1 is 1.40 bits per heavy atom. The molecule has 1 aliphatic rings. The van der Waals surface area contributed by atoms with Crippen LogP contribution in [0.25, 0.3) is 0 Å². The van der Waals surface area contributed by atoms with Crippen molar-refractivity contribution in [1.29, 1.82) is 0 Å². The molecule has 1 aliphatic carbocycles. The van der Waals surface area contributed by atoms with E-state index in [-0.39, 0.29) is 5.91 Å². The summed E-state index contributed by atoms with van der Waals surface area (Å²) in [6, 6.07) is 3.83. The van der Waals surface area contributed by atoms with Gasteiger partial charge < -0.3 is 16.0 Å². The molecule has 20 heavy (non-hydrogen) atoms. The number of nitrogens with one attached hydrogen (secondary N) is 1. The Morgan fingerprint density at radius 3 is 2.80 bits per heavy atom. The Kier molecular flexibility index (Phi) is 4.89. The largest absolute Gasteiger partial charge is 0.368 e. The zero-order valence-electron chi connectivity index (χ0n) is 12.2. The maximum atomic E-state index is 11.7. The van der Waals surface area contributed by atoms with E-state index in [2.05, 4.69) is 15.5 Å². The van der Waals surface area contributed by atoms with Crippen LogP contribution >= 0.6 is 0 Å². The fraction of sp³-hybridized carbons (Fsp3) is 0.643. The standard InChI is InChI=1S/C14H23N5O/c1-19(2)14(20)12-6-7-13(18-17-12)16-9-10-4-3-5-11(15)8-10/h6-7,10-11H,3-5,8-9,15H2,1-2H3,(H,16,18). The molecular weight excluding hydrogens is 254 g/mol. The fourth-order valence-electron chi connectivity index (χ4n) is 2.54. The van der Waals surface area contributed by atoms with Gasteiger partial charge in [0.2, 0.25) is 0 Å². The maximum Gasteiger partial charge on any atom is 0.273 e. The van der Waals surface area contributed by atoms with Gasteiger partial charge >= 0.3 is 0 Å². The summed E-state index contributed by atoms with van der Waals surface area (Å²) in [7, 11) is 3.39. The van der Waals surface area contributed by atoms with Crippen LogP contribution in [-0.4, -0.2) is 47.7 Å². The molecular formula is C14H23N5O. The topological polar surface area (TPSA) is 84.1 Å². The molecule has 2 atom stereocenters. The number of carbonyl (C=O) groups excluding carboxylic acids is 1. The van der Waals surface area contributed by atoms with Gasteiger partial charge in [-0.2, -0.15) is 0 Å². The minimum absolute atomic E-state index is 0.137. The lowest BCUT2D eigenvalue weighted by Gasteiger charge is -2.26. The van der Waals surface area contributed by atoms with E-state index in [1.807, 2.05) is 0 Å². The summed E-state index contributed by atoms with van der Waals surface area (Å²) >= 11 is 0. The second-order valence-electron chi connectivity index (χ2n) is 5.68. The average Bonchev–Trinajstić information content (AvgIpc) is 2.45. The number of nitrogens with zero attached hydrogens (tertiary/aromatic N) is 3. The van der Waals surface area contributed by atoms with Gasteiger partial charge in [-0.25, -0.2) is 0 Å². The van der Waals surface area contributed by atoms with Crippen LogP contribution in [0.3, 0.4) is 0 Å². The summed E-state index contributed by atoms with van der Waals surface area (Å²) < 4.78 is 0. The molecule has 0 radical (unpaired) electrons. The first-order chi connectivity index (χ1) is 9.56. The molecule has 110 valence electrons. The highest BCUT2D eigenvalue weighted by Gasteiger charge is 2.19. The SMILES string of the molecule is CN(C)C(=O)c1ccc(NCC2CCCC(N)C2)nn1. The third-order valence-corrected chi connectivity index (χ3v) is 3.69. The third-order valence-electron chi connectivity index (χ3n) is 3.69. The van der Waals surface area contributed by atoms with E-state index in [0.717, 1.165) is 19.4 Å². The van der Waals surface area contributed by atoms with Crippen LogP contribution in [0.15, 0.2) is 12.1 Å². The molecule has 1 aromatic rings. The van der Waals surface area contributed by atoms with Gasteiger partial charge in [0.25, 0.3) is 5.91 Å².